The van der Waals surface area contributed by atoms with Crippen molar-refractivity contribution in [3.05, 3.63) is 83.4 Å². The lowest BCUT2D eigenvalue weighted by Crippen LogP contribution is -2.48. The van der Waals surface area contributed by atoms with Gasteiger partial charge in [0.15, 0.2) is 5.13 Å². The van der Waals surface area contributed by atoms with Gasteiger partial charge in [0.25, 0.3) is 5.91 Å². The predicted molar refractivity (Wildman–Crippen MR) is 139 cm³/mol. The number of ether oxygens (including phenoxy) is 1. The molecule has 5 rings (SSSR count). The summed E-state index contributed by atoms with van der Waals surface area (Å²) in [6, 6.07) is 22.6. The molecular formula is C26H25ClN4O2S. The third-order valence-electron chi connectivity index (χ3n) is 5.77. The fraction of sp³-hybridized carbons (Fsp3) is 0.231. The van der Waals surface area contributed by atoms with Crippen LogP contribution in [0.4, 0.5) is 5.13 Å². The molecule has 34 heavy (non-hydrogen) atoms. The van der Waals surface area contributed by atoms with Crippen molar-refractivity contribution in [2.45, 2.75) is 0 Å². The maximum absolute atomic E-state index is 12.6. The molecule has 1 N–H and O–H groups in total. The molecule has 0 spiro atoms. The third-order valence-corrected chi connectivity index (χ3v) is 7.08. The topological polar surface area (TPSA) is 57.7 Å². The van der Waals surface area contributed by atoms with E-state index < -0.39 is 0 Å². The van der Waals surface area contributed by atoms with Crippen molar-refractivity contribution >= 4 is 44.2 Å². The van der Waals surface area contributed by atoms with Crippen LogP contribution >= 0.6 is 22.9 Å². The number of aromatic nitrogens is 1. The minimum atomic E-state index is -0.0923. The van der Waals surface area contributed by atoms with E-state index in [1.165, 1.54) is 0 Å². The van der Waals surface area contributed by atoms with Gasteiger partial charge in [-0.3, -0.25) is 9.69 Å². The van der Waals surface area contributed by atoms with Crippen molar-refractivity contribution in [1.29, 1.82) is 0 Å². The molecule has 0 saturated carbocycles. The average molecular weight is 493 g/mol. The molecule has 0 aliphatic carbocycles. The number of rotatable bonds is 7. The molecule has 4 aromatic rings. The second kappa shape index (κ2) is 10.4. The number of carbonyl (C=O) groups is 1. The fourth-order valence-corrected chi connectivity index (χ4v) is 5.23. The van der Waals surface area contributed by atoms with E-state index >= 15 is 0 Å². The Labute approximate surface area is 207 Å². The van der Waals surface area contributed by atoms with Crippen LogP contribution in [0.2, 0.25) is 5.02 Å². The number of halogens is 1. The van der Waals surface area contributed by atoms with Gasteiger partial charge >= 0.3 is 0 Å². The zero-order chi connectivity index (χ0) is 23.3. The Kier molecular flexibility index (Phi) is 6.94. The minimum Gasteiger partial charge on any atom is -0.457 e. The molecular weight excluding hydrogens is 468 g/mol. The van der Waals surface area contributed by atoms with Crippen LogP contribution in [-0.4, -0.2) is 55.1 Å². The lowest BCUT2D eigenvalue weighted by Gasteiger charge is -2.34. The molecule has 2 heterocycles. The first-order chi connectivity index (χ1) is 16.6. The first kappa shape index (κ1) is 22.7. The number of piperazine rings is 1. The highest BCUT2D eigenvalue weighted by Crippen LogP contribution is 2.31. The summed E-state index contributed by atoms with van der Waals surface area (Å²) in [4.78, 5) is 22.1. The molecule has 1 aliphatic rings. The van der Waals surface area contributed by atoms with Gasteiger partial charge in [-0.05, 0) is 48.5 Å². The standard InChI is InChI=1S/C26H25ClN4O2S/c27-20-9-10-23-24(18-20)34-26(29-23)31-15-13-30(14-16-31)12-11-28-25(32)19-5-4-8-22(17-19)33-21-6-2-1-3-7-21/h1-10,17-18H,11-16H2,(H,28,32). The number of amides is 1. The maximum Gasteiger partial charge on any atom is 0.251 e. The van der Waals surface area contributed by atoms with Crippen molar-refractivity contribution in [1.82, 2.24) is 15.2 Å². The number of carbonyl (C=O) groups excluding carboxylic acids is 1. The Bertz CT molecular complexity index is 1270. The van der Waals surface area contributed by atoms with Gasteiger partial charge in [0, 0.05) is 49.9 Å². The minimum absolute atomic E-state index is 0.0923. The largest absolute Gasteiger partial charge is 0.457 e. The summed E-state index contributed by atoms with van der Waals surface area (Å²) < 4.78 is 6.95. The maximum atomic E-state index is 12.6. The summed E-state index contributed by atoms with van der Waals surface area (Å²) in [5.74, 6) is 1.30. The zero-order valence-corrected chi connectivity index (χ0v) is 20.2. The number of nitrogens with zero attached hydrogens (tertiary/aromatic N) is 3. The number of thiazole rings is 1. The van der Waals surface area contributed by atoms with Crippen molar-refractivity contribution in [2.75, 3.05) is 44.2 Å². The van der Waals surface area contributed by atoms with Crippen LogP contribution < -0.4 is 15.0 Å². The van der Waals surface area contributed by atoms with Gasteiger partial charge in [0.2, 0.25) is 0 Å². The smallest absolute Gasteiger partial charge is 0.251 e. The highest BCUT2D eigenvalue weighted by Gasteiger charge is 2.20. The van der Waals surface area contributed by atoms with Gasteiger partial charge < -0.3 is 15.0 Å². The van der Waals surface area contributed by atoms with Crippen LogP contribution in [0.5, 0.6) is 11.5 Å². The monoisotopic (exact) mass is 492 g/mol. The molecule has 1 saturated heterocycles. The first-order valence-corrected chi connectivity index (χ1v) is 12.5. The number of hydrogen-bond acceptors (Lipinski definition) is 6. The van der Waals surface area contributed by atoms with Gasteiger partial charge in [0.05, 0.1) is 10.2 Å². The molecule has 6 nitrogen and oxygen atoms in total. The number of para-hydroxylation sites is 1. The number of benzene rings is 3. The summed E-state index contributed by atoms with van der Waals surface area (Å²) in [5.41, 5.74) is 1.59. The fourth-order valence-electron chi connectivity index (χ4n) is 3.94. The predicted octanol–water partition coefficient (Wildman–Crippen LogP) is 5.29. The summed E-state index contributed by atoms with van der Waals surface area (Å²) in [7, 11) is 0. The van der Waals surface area contributed by atoms with E-state index in [-0.39, 0.29) is 5.91 Å². The van der Waals surface area contributed by atoms with Gasteiger partial charge in [-0.2, -0.15) is 0 Å². The molecule has 174 valence electrons. The van der Waals surface area contributed by atoms with Crippen LogP contribution in [0, 0.1) is 0 Å². The summed E-state index contributed by atoms with van der Waals surface area (Å²) in [6.07, 6.45) is 0. The number of anilines is 1. The van der Waals surface area contributed by atoms with Gasteiger partial charge in [0.1, 0.15) is 11.5 Å². The quantitative estimate of drug-likeness (QED) is 0.379. The Morgan fingerprint density at radius 2 is 1.76 bits per heavy atom. The SMILES string of the molecule is O=C(NCCN1CCN(c2nc3ccc(Cl)cc3s2)CC1)c1cccc(Oc2ccccc2)c1. The molecule has 1 aliphatic heterocycles. The van der Waals surface area contributed by atoms with Crippen molar-refractivity contribution in [2.24, 2.45) is 0 Å². The molecule has 1 amide bonds. The molecule has 0 atom stereocenters. The van der Waals surface area contributed by atoms with Crippen LogP contribution in [0.25, 0.3) is 10.2 Å². The molecule has 3 aromatic carbocycles. The highest BCUT2D eigenvalue weighted by molar-refractivity contribution is 7.22. The first-order valence-electron chi connectivity index (χ1n) is 11.3. The molecule has 0 radical (unpaired) electrons. The summed E-state index contributed by atoms with van der Waals surface area (Å²) in [5, 5.41) is 4.82. The summed E-state index contributed by atoms with van der Waals surface area (Å²) in [6.45, 7) is 5.12. The number of nitrogens with one attached hydrogen (secondary N) is 1. The lowest BCUT2D eigenvalue weighted by atomic mass is 10.2. The molecule has 8 heteroatoms. The molecule has 0 unspecified atom stereocenters. The van der Waals surface area contributed by atoms with Crippen LogP contribution in [0.15, 0.2) is 72.8 Å². The van der Waals surface area contributed by atoms with Crippen molar-refractivity contribution in [3.63, 3.8) is 0 Å². The highest BCUT2D eigenvalue weighted by atomic mass is 35.5. The lowest BCUT2D eigenvalue weighted by molar-refractivity contribution is 0.0947. The van der Waals surface area contributed by atoms with E-state index in [9.17, 15) is 4.79 Å². The second-order valence-electron chi connectivity index (χ2n) is 8.14. The second-order valence-corrected chi connectivity index (χ2v) is 9.58. The van der Waals surface area contributed by atoms with Crippen molar-refractivity contribution < 1.29 is 9.53 Å². The van der Waals surface area contributed by atoms with E-state index in [0.717, 1.165) is 58.8 Å². The van der Waals surface area contributed by atoms with Crippen LogP contribution in [0.3, 0.4) is 0 Å². The van der Waals surface area contributed by atoms with Crippen LogP contribution in [-0.2, 0) is 0 Å². The van der Waals surface area contributed by atoms with Gasteiger partial charge in [-0.25, -0.2) is 4.98 Å². The molecule has 1 aromatic heterocycles. The average Bonchev–Trinajstić information content (AvgIpc) is 3.28. The van der Waals surface area contributed by atoms with E-state index in [1.54, 1.807) is 23.5 Å². The zero-order valence-electron chi connectivity index (χ0n) is 18.6. The van der Waals surface area contributed by atoms with E-state index in [2.05, 4.69) is 15.1 Å². The Morgan fingerprint density at radius 3 is 2.59 bits per heavy atom. The van der Waals surface area contributed by atoms with E-state index in [1.807, 2.05) is 60.7 Å². The Morgan fingerprint density at radius 1 is 0.971 bits per heavy atom. The Balaban J connectivity index is 1.08. The molecule has 0 bridgehead atoms. The number of hydrogen-bond donors (Lipinski definition) is 1. The van der Waals surface area contributed by atoms with Gasteiger partial charge in [-0.1, -0.05) is 47.2 Å². The van der Waals surface area contributed by atoms with Crippen molar-refractivity contribution in [3.8, 4) is 11.5 Å². The normalized spacial score (nSPS) is 14.3. The van der Waals surface area contributed by atoms with E-state index in [0.29, 0.717) is 17.9 Å². The molecule has 1 fully saturated rings. The van der Waals surface area contributed by atoms with Gasteiger partial charge in [-0.15, -0.1) is 0 Å². The van der Waals surface area contributed by atoms with Crippen LogP contribution in [0.1, 0.15) is 10.4 Å². The summed E-state index contributed by atoms with van der Waals surface area (Å²) >= 11 is 7.79. The number of fused-ring (bicyclic) bond motifs is 1. The third kappa shape index (κ3) is 5.50. The Hall–Kier alpha value is -3.13. The van der Waals surface area contributed by atoms with E-state index in [4.69, 9.17) is 21.3 Å².